The van der Waals surface area contributed by atoms with Gasteiger partial charge in [0.2, 0.25) is 0 Å². The molecule has 0 fully saturated rings. The highest BCUT2D eigenvalue weighted by atomic mass is 16.4. The van der Waals surface area contributed by atoms with E-state index in [4.69, 9.17) is 5.11 Å². The molecule has 88 valence electrons. The van der Waals surface area contributed by atoms with E-state index in [2.05, 4.69) is 0 Å². The van der Waals surface area contributed by atoms with E-state index in [0.29, 0.717) is 22.3 Å². The molecule has 0 unspecified atom stereocenters. The molecule has 0 amide bonds. The highest BCUT2D eigenvalue weighted by molar-refractivity contribution is 5.68. The number of carboxylic acid groups (broad SMARTS) is 1. The Morgan fingerprint density at radius 3 is 2.00 bits per heavy atom. The zero-order valence-corrected chi connectivity index (χ0v) is 9.66. The van der Waals surface area contributed by atoms with Gasteiger partial charge in [-0.15, -0.1) is 0 Å². The summed E-state index contributed by atoms with van der Waals surface area (Å²) in [5.41, 5.74) is 2.31. The lowest BCUT2D eigenvalue weighted by Gasteiger charge is -2.15. The molecule has 0 aliphatic rings. The minimum absolute atomic E-state index is 0.0592. The molecule has 0 heterocycles. The summed E-state index contributed by atoms with van der Waals surface area (Å²) in [7, 11) is 0. The maximum atomic E-state index is 10.5. The minimum Gasteiger partial charge on any atom is -0.507 e. The van der Waals surface area contributed by atoms with Crippen molar-refractivity contribution < 1.29 is 20.1 Å². The smallest absolute Gasteiger partial charge is 0.303 e. The average molecular weight is 224 g/mol. The molecule has 16 heavy (non-hydrogen) atoms. The standard InChI is InChI=1S/C12H16O4/c1-6-7(2)12(16)9(4-5-10(13)14)8(3)11(6)15/h15-16H,4-5H2,1-3H3,(H,13,14). The fourth-order valence-electron chi connectivity index (χ4n) is 1.72. The van der Waals surface area contributed by atoms with E-state index in [1.54, 1.807) is 20.8 Å². The molecule has 4 nitrogen and oxygen atoms in total. The number of aliphatic carboxylic acids is 1. The fourth-order valence-corrected chi connectivity index (χ4v) is 1.72. The van der Waals surface area contributed by atoms with Crippen molar-refractivity contribution in [1.82, 2.24) is 0 Å². The summed E-state index contributed by atoms with van der Waals surface area (Å²) < 4.78 is 0. The SMILES string of the molecule is Cc1c(C)c(O)c(CCC(=O)O)c(C)c1O. The molecule has 1 aromatic rings. The van der Waals surface area contributed by atoms with Gasteiger partial charge in [0.25, 0.3) is 0 Å². The van der Waals surface area contributed by atoms with Crippen molar-refractivity contribution in [3.63, 3.8) is 0 Å². The number of phenolic OH excluding ortho intramolecular Hbond substituents is 2. The van der Waals surface area contributed by atoms with Gasteiger partial charge >= 0.3 is 5.97 Å². The Bertz CT molecular complexity index is 406. The molecule has 0 radical (unpaired) electrons. The van der Waals surface area contributed by atoms with Crippen LogP contribution in [0, 0.1) is 20.8 Å². The van der Waals surface area contributed by atoms with Crippen LogP contribution in [0.25, 0.3) is 0 Å². The quantitative estimate of drug-likeness (QED) is 0.686. The highest BCUT2D eigenvalue weighted by Crippen LogP contribution is 2.36. The summed E-state index contributed by atoms with van der Waals surface area (Å²) in [5.74, 6) is -0.693. The Hall–Kier alpha value is -1.71. The van der Waals surface area contributed by atoms with Crippen LogP contribution in [0.3, 0.4) is 0 Å². The van der Waals surface area contributed by atoms with Crippen LogP contribution in [0.1, 0.15) is 28.7 Å². The largest absolute Gasteiger partial charge is 0.507 e. The lowest BCUT2D eigenvalue weighted by Crippen LogP contribution is -2.01. The van der Waals surface area contributed by atoms with Gasteiger partial charge in [-0.1, -0.05) is 0 Å². The summed E-state index contributed by atoms with van der Waals surface area (Å²) in [4.78, 5) is 10.5. The number of aromatic hydroxyl groups is 2. The molecule has 0 atom stereocenters. The monoisotopic (exact) mass is 224 g/mol. The van der Waals surface area contributed by atoms with Crippen molar-refractivity contribution in [3.8, 4) is 11.5 Å². The molecule has 0 aliphatic carbocycles. The summed E-state index contributed by atoms with van der Waals surface area (Å²) in [5, 5.41) is 28.3. The van der Waals surface area contributed by atoms with Crippen molar-refractivity contribution in [2.45, 2.75) is 33.6 Å². The van der Waals surface area contributed by atoms with E-state index in [1.165, 1.54) is 0 Å². The van der Waals surface area contributed by atoms with Crippen molar-refractivity contribution in [2.24, 2.45) is 0 Å². The Labute approximate surface area is 94.2 Å². The first-order valence-corrected chi connectivity index (χ1v) is 5.08. The number of benzene rings is 1. The van der Waals surface area contributed by atoms with E-state index >= 15 is 0 Å². The van der Waals surface area contributed by atoms with Crippen LogP contribution in [0.4, 0.5) is 0 Å². The van der Waals surface area contributed by atoms with Crippen LogP contribution in [0.2, 0.25) is 0 Å². The molecule has 0 aliphatic heterocycles. The zero-order chi connectivity index (χ0) is 12.5. The lowest BCUT2D eigenvalue weighted by molar-refractivity contribution is -0.136. The number of rotatable bonds is 3. The minimum atomic E-state index is -0.920. The number of carbonyl (C=O) groups is 1. The Balaban J connectivity index is 3.23. The summed E-state index contributed by atoms with van der Waals surface area (Å²) in [6.07, 6.45) is 0.165. The average Bonchev–Trinajstić information content (AvgIpc) is 2.23. The molecule has 0 saturated carbocycles. The van der Waals surface area contributed by atoms with Crippen LogP contribution >= 0.6 is 0 Å². The van der Waals surface area contributed by atoms with Crippen LogP contribution in [0.5, 0.6) is 11.5 Å². The number of phenols is 2. The molecule has 4 heteroatoms. The molecule has 3 N–H and O–H groups in total. The summed E-state index contributed by atoms with van der Waals surface area (Å²) in [6, 6.07) is 0. The van der Waals surface area contributed by atoms with Crippen LogP contribution in [-0.2, 0) is 11.2 Å². The van der Waals surface area contributed by atoms with E-state index < -0.39 is 5.97 Å². The van der Waals surface area contributed by atoms with E-state index in [1.807, 2.05) is 0 Å². The summed E-state index contributed by atoms with van der Waals surface area (Å²) >= 11 is 0. The van der Waals surface area contributed by atoms with Crippen molar-refractivity contribution in [2.75, 3.05) is 0 Å². The Morgan fingerprint density at radius 1 is 1.00 bits per heavy atom. The van der Waals surface area contributed by atoms with Crippen molar-refractivity contribution >= 4 is 5.97 Å². The maximum Gasteiger partial charge on any atom is 0.303 e. The van der Waals surface area contributed by atoms with Gasteiger partial charge in [0.1, 0.15) is 11.5 Å². The van der Waals surface area contributed by atoms with Crippen LogP contribution < -0.4 is 0 Å². The topological polar surface area (TPSA) is 77.8 Å². The fraction of sp³-hybridized carbons (Fsp3) is 0.417. The van der Waals surface area contributed by atoms with Gasteiger partial charge in [-0.25, -0.2) is 0 Å². The van der Waals surface area contributed by atoms with Gasteiger partial charge in [-0.3, -0.25) is 4.79 Å². The van der Waals surface area contributed by atoms with Gasteiger partial charge in [-0.2, -0.15) is 0 Å². The molecule has 1 rings (SSSR count). The summed E-state index contributed by atoms with van der Waals surface area (Å²) in [6.45, 7) is 5.10. The van der Waals surface area contributed by atoms with E-state index in [9.17, 15) is 15.0 Å². The van der Waals surface area contributed by atoms with Gasteiger partial charge in [-0.05, 0) is 43.9 Å². The molecule has 0 bridgehead atoms. The van der Waals surface area contributed by atoms with Gasteiger partial charge < -0.3 is 15.3 Å². The normalized spacial score (nSPS) is 10.4. The molecular weight excluding hydrogens is 208 g/mol. The lowest BCUT2D eigenvalue weighted by atomic mass is 9.95. The van der Waals surface area contributed by atoms with Crippen molar-refractivity contribution in [3.05, 3.63) is 22.3 Å². The van der Waals surface area contributed by atoms with E-state index in [0.717, 1.165) is 0 Å². The highest BCUT2D eigenvalue weighted by Gasteiger charge is 2.16. The number of carboxylic acids is 1. The predicted octanol–water partition coefficient (Wildman–Crippen LogP) is 2.04. The second kappa shape index (κ2) is 4.43. The predicted molar refractivity (Wildman–Crippen MR) is 59.9 cm³/mol. The van der Waals surface area contributed by atoms with Crippen molar-refractivity contribution in [1.29, 1.82) is 0 Å². The van der Waals surface area contributed by atoms with E-state index in [-0.39, 0.29) is 24.3 Å². The molecule has 0 saturated heterocycles. The first-order valence-electron chi connectivity index (χ1n) is 5.08. The third-order valence-electron chi connectivity index (χ3n) is 2.96. The third kappa shape index (κ3) is 2.10. The van der Waals surface area contributed by atoms with Crippen LogP contribution in [-0.4, -0.2) is 21.3 Å². The first-order chi connectivity index (χ1) is 7.36. The number of hydrogen-bond donors (Lipinski definition) is 3. The molecule has 0 aromatic heterocycles. The van der Waals surface area contributed by atoms with Gasteiger partial charge in [0.15, 0.2) is 0 Å². The second-order valence-electron chi connectivity index (χ2n) is 3.94. The Morgan fingerprint density at radius 2 is 1.50 bits per heavy atom. The van der Waals surface area contributed by atoms with Crippen LogP contribution in [0.15, 0.2) is 0 Å². The second-order valence-corrected chi connectivity index (χ2v) is 3.94. The first kappa shape index (κ1) is 12.4. The maximum absolute atomic E-state index is 10.5. The molecule has 0 spiro atoms. The molecule has 1 aromatic carbocycles. The van der Waals surface area contributed by atoms with Gasteiger partial charge in [0.05, 0.1) is 0 Å². The third-order valence-corrected chi connectivity index (χ3v) is 2.96. The Kier molecular flexibility index (Phi) is 3.42. The molecular formula is C12H16O4. The number of hydrogen-bond acceptors (Lipinski definition) is 3. The van der Waals surface area contributed by atoms with Gasteiger partial charge in [0, 0.05) is 12.0 Å². The zero-order valence-electron chi connectivity index (χ0n) is 9.66.